The lowest BCUT2D eigenvalue weighted by Gasteiger charge is -2.34. The lowest BCUT2D eigenvalue weighted by atomic mass is 9.95. The molecule has 0 aromatic heterocycles. The van der Waals surface area contributed by atoms with Gasteiger partial charge in [-0.2, -0.15) is 13.2 Å². The van der Waals surface area contributed by atoms with Gasteiger partial charge in [0.1, 0.15) is 11.6 Å². The Morgan fingerprint density at radius 2 is 1.90 bits per heavy atom. The number of piperidine rings is 1. The molecule has 4 rings (SSSR count). The number of carbonyl (C=O) groups is 1. The van der Waals surface area contributed by atoms with Crippen LogP contribution in [0.3, 0.4) is 0 Å². The summed E-state index contributed by atoms with van der Waals surface area (Å²) >= 11 is 0. The number of aryl methyl sites for hydroxylation is 1. The van der Waals surface area contributed by atoms with E-state index in [1.54, 1.807) is 29.2 Å². The lowest BCUT2D eigenvalue weighted by Crippen LogP contribution is -2.39. The average Bonchev–Trinajstić information content (AvgIpc) is 2.70. The van der Waals surface area contributed by atoms with Crippen molar-refractivity contribution in [1.82, 2.24) is 0 Å². The molecule has 2 aromatic rings. The van der Waals surface area contributed by atoms with Gasteiger partial charge < -0.3 is 20.3 Å². The highest BCUT2D eigenvalue weighted by Gasteiger charge is 2.41. The molecule has 0 radical (unpaired) electrons. The van der Waals surface area contributed by atoms with Crippen LogP contribution in [0.25, 0.3) is 0 Å². The molecule has 1 saturated heterocycles. The summed E-state index contributed by atoms with van der Waals surface area (Å²) in [4.78, 5) is 13.0. The number of benzene rings is 2. The molecule has 1 amide bonds. The summed E-state index contributed by atoms with van der Waals surface area (Å²) in [5.74, 6) is -1.53. The number of rotatable bonds is 3. The van der Waals surface area contributed by atoms with Crippen molar-refractivity contribution in [2.24, 2.45) is 5.92 Å². The topological polar surface area (TPSA) is 53.6 Å². The van der Waals surface area contributed by atoms with Gasteiger partial charge in [-0.3, -0.25) is 4.79 Å². The summed E-state index contributed by atoms with van der Waals surface area (Å²) in [6.45, 7) is 2.08. The maximum absolute atomic E-state index is 14.8. The van der Waals surface area contributed by atoms with Crippen LogP contribution in [0, 0.1) is 18.7 Å². The summed E-state index contributed by atoms with van der Waals surface area (Å²) in [6, 6.07) is 8.14. The van der Waals surface area contributed by atoms with Crippen LogP contribution in [0.15, 0.2) is 30.3 Å². The smallest absolute Gasteiger partial charge is 0.391 e. The number of anilines is 4. The minimum absolute atomic E-state index is 0.0341. The first-order valence-corrected chi connectivity index (χ1v) is 9.66. The quantitative estimate of drug-likeness (QED) is 0.684. The zero-order valence-electron chi connectivity index (χ0n) is 16.3. The number of carbonyl (C=O) groups excluding carboxylic acids is 1. The minimum atomic E-state index is -4.20. The molecule has 0 saturated carbocycles. The van der Waals surface area contributed by atoms with Crippen molar-refractivity contribution in [1.29, 1.82) is 0 Å². The summed E-state index contributed by atoms with van der Waals surface area (Å²) in [7, 11) is 0. The molecule has 1 fully saturated rings. The number of halogens is 4. The van der Waals surface area contributed by atoms with Gasteiger partial charge in [0.05, 0.1) is 17.3 Å². The number of fused-ring (bicyclic) bond motifs is 1. The fourth-order valence-corrected chi connectivity index (χ4v) is 3.80. The fourth-order valence-electron chi connectivity index (χ4n) is 3.80. The molecule has 0 unspecified atom stereocenters. The van der Waals surface area contributed by atoms with Gasteiger partial charge in [-0.05, 0) is 49.6 Å². The van der Waals surface area contributed by atoms with Crippen molar-refractivity contribution in [2.75, 3.05) is 35.2 Å². The maximum atomic E-state index is 14.8. The molecular formula is C21H21F4N3O2. The Bertz CT molecular complexity index is 969. The largest absolute Gasteiger partial charge is 0.482 e. The van der Waals surface area contributed by atoms with Crippen molar-refractivity contribution < 1.29 is 27.1 Å². The van der Waals surface area contributed by atoms with Gasteiger partial charge in [0.2, 0.25) is 0 Å². The predicted molar refractivity (Wildman–Crippen MR) is 106 cm³/mol. The molecule has 2 heterocycles. The molecule has 160 valence electrons. The van der Waals surface area contributed by atoms with E-state index in [9.17, 15) is 22.4 Å². The molecule has 5 nitrogen and oxygen atoms in total. The summed E-state index contributed by atoms with van der Waals surface area (Å²) in [5, 5.41) is 5.83. The van der Waals surface area contributed by atoms with E-state index in [4.69, 9.17) is 4.74 Å². The SMILES string of the molecule is Cc1cc(N2CCC(C(F)(F)F)CC2)c(F)cc1Nc1ccc2c(c1)OCC(=O)N2. The molecule has 30 heavy (non-hydrogen) atoms. The Labute approximate surface area is 171 Å². The monoisotopic (exact) mass is 423 g/mol. The number of amides is 1. The fraction of sp³-hybridized carbons (Fsp3) is 0.381. The highest BCUT2D eigenvalue weighted by Crippen LogP contribution is 2.37. The van der Waals surface area contributed by atoms with Gasteiger partial charge in [-0.15, -0.1) is 0 Å². The van der Waals surface area contributed by atoms with Crippen molar-refractivity contribution in [3.8, 4) is 5.75 Å². The molecule has 0 spiro atoms. The van der Waals surface area contributed by atoms with Crippen LogP contribution in [0.4, 0.5) is 40.3 Å². The molecule has 0 atom stereocenters. The third-order valence-corrected chi connectivity index (χ3v) is 5.49. The second-order valence-electron chi connectivity index (χ2n) is 7.59. The molecule has 9 heteroatoms. The maximum Gasteiger partial charge on any atom is 0.391 e. The molecule has 0 bridgehead atoms. The first-order valence-electron chi connectivity index (χ1n) is 9.66. The van der Waals surface area contributed by atoms with E-state index in [1.807, 2.05) is 6.92 Å². The summed E-state index contributed by atoms with van der Waals surface area (Å²) in [6.07, 6.45) is -4.27. The van der Waals surface area contributed by atoms with E-state index in [2.05, 4.69) is 10.6 Å². The van der Waals surface area contributed by atoms with Crippen LogP contribution in [-0.2, 0) is 4.79 Å². The van der Waals surface area contributed by atoms with Crippen LogP contribution in [0.1, 0.15) is 18.4 Å². The summed E-state index contributed by atoms with van der Waals surface area (Å²) < 4.78 is 58.8. The van der Waals surface area contributed by atoms with E-state index >= 15 is 0 Å². The van der Waals surface area contributed by atoms with Crippen LogP contribution in [-0.4, -0.2) is 31.8 Å². The van der Waals surface area contributed by atoms with Gasteiger partial charge in [0, 0.05) is 30.5 Å². The van der Waals surface area contributed by atoms with E-state index in [-0.39, 0.29) is 38.4 Å². The van der Waals surface area contributed by atoms with Gasteiger partial charge in [0.25, 0.3) is 5.91 Å². The number of hydrogen-bond acceptors (Lipinski definition) is 4. The zero-order chi connectivity index (χ0) is 21.5. The number of nitrogens with zero attached hydrogens (tertiary/aromatic N) is 1. The van der Waals surface area contributed by atoms with E-state index in [1.165, 1.54) is 6.07 Å². The minimum Gasteiger partial charge on any atom is -0.482 e. The van der Waals surface area contributed by atoms with E-state index < -0.39 is 17.9 Å². The molecule has 0 aliphatic carbocycles. The summed E-state index contributed by atoms with van der Waals surface area (Å²) in [5.41, 5.74) is 2.84. The standard InChI is InChI=1S/C21H21F4N3O2/c1-12-8-18(28-6-4-13(5-7-28)21(23,24)25)15(22)10-17(12)26-14-2-3-16-19(9-14)30-11-20(29)27-16/h2-3,8-10,13,26H,4-7,11H2,1H3,(H,27,29). The Kier molecular flexibility index (Phi) is 5.21. The number of ether oxygens (including phenoxy) is 1. The van der Waals surface area contributed by atoms with E-state index in [0.29, 0.717) is 28.5 Å². The molecule has 2 aliphatic heterocycles. The highest BCUT2D eigenvalue weighted by atomic mass is 19.4. The lowest BCUT2D eigenvalue weighted by molar-refractivity contribution is -0.179. The zero-order valence-corrected chi connectivity index (χ0v) is 16.3. The normalized spacial score (nSPS) is 17.2. The third-order valence-electron chi connectivity index (χ3n) is 5.49. The number of alkyl halides is 3. The Hall–Kier alpha value is -2.97. The molecular weight excluding hydrogens is 402 g/mol. The van der Waals surface area contributed by atoms with Crippen LogP contribution >= 0.6 is 0 Å². The Morgan fingerprint density at radius 1 is 1.17 bits per heavy atom. The first kappa shape index (κ1) is 20.3. The Morgan fingerprint density at radius 3 is 2.60 bits per heavy atom. The van der Waals surface area contributed by atoms with Crippen molar-refractivity contribution in [3.63, 3.8) is 0 Å². The second kappa shape index (κ2) is 7.70. The van der Waals surface area contributed by atoms with Crippen LogP contribution in [0.5, 0.6) is 5.75 Å². The number of hydrogen-bond donors (Lipinski definition) is 2. The van der Waals surface area contributed by atoms with Crippen LogP contribution < -0.4 is 20.3 Å². The molecule has 2 aromatic carbocycles. The van der Waals surface area contributed by atoms with Crippen molar-refractivity contribution >= 4 is 28.7 Å². The highest BCUT2D eigenvalue weighted by molar-refractivity contribution is 5.95. The second-order valence-corrected chi connectivity index (χ2v) is 7.59. The van der Waals surface area contributed by atoms with E-state index in [0.717, 1.165) is 5.56 Å². The average molecular weight is 423 g/mol. The molecule has 2 aliphatic rings. The Balaban J connectivity index is 1.49. The number of nitrogens with one attached hydrogen (secondary N) is 2. The third kappa shape index (κ3) is 4.15. The van der Waals surface area contributed by atoms with Gasteiger partial charge in [-0.25, -0.2) is 4.39 Å². The molecule has 2 N–H and O–H groups in total. The van der Waals surface area contributed by atoms with Gasteiger partial charge in [-0.1, -0.05) is 0 Å². The van der Waals surface area contributed by atoms with Gasteiger partial charge in [0.15, 0.2) is 6.61 Å². The first-order chi connectivity index (χ1) is 14.2. The predicted octanol–water partition coefficient (Wildman–Crippen LogP) is 4.99. The van der Waals surface area contributed by atoms with Crippen LogP contribution in [0.2, 0.25) is 0 Å². The van der Waals surface area contributed by atoms with Gasteiger partial charge >= 0.3 is 6.18 Å². The van der Waals surface area contributed by atoms with Crippen molar-refractivity contribution in [3.05, 3.63) is 41.7 Å². The van der Waals surface area contributed by atoms with Crippen molar-refractivity contribution in [2.45, 2.75) is 25.9 Å².